The van der Waals surface area contributed by atoms with Crippen LogP contribution in [0, 0.1) is 0 Å². The molecule has 0 amide bonds. The van der Waals surface area contributed by atoms with Crippen molar-refractivity contribution in [3.8, 4) is 0 Å². The van der Waals surface area contributed by atoms with E-state index in [0.717, 1.165) is 16.7 Å². The van der Waals surface area contributed by atoms with E-state index in [9.17, 15) is 4.79 Å². The number of rotatable bonds is 11. The van der Waals surface area contributed by atoms with Crippen LogP contribution in [0.15, 0.2) is 91.0 Å². The Balaban J connectivity index is 1.45. The lowest BCUT2D eigenvalue weighted by Crippen LogP contribution is -2.40. The summed E-state index contributed by atoms with van der Waals surface area (Å²) in [5, 5.41) is 0. The number of hydrogen-bond acceptors (Lipinski definition) is 6. The van der Waals surface area contributed by atoms with Crippen molar-refractivity contribution in [2.45, 2.75) is 51.3 Å². The maximum atomic E-state index is 11.9. The topological polar surface area (TPSA) is 63.2 Å². The molecule has 1 fully saturated rings. The molecule has 178 valence electrons. The smallest absolute Gasteiger partial charge is 0.303 e. The van der Waals surface area contributed by atoms with Gasteiger partial charge in [0.15, 0.2) is 12.4 Å². The first-order chi connectivity index (χ1) is 16.7. The lowest BCUT2D eigenvalue weighted by Gasteiger charge is -2.24. The van der Waals surface area contributed by atoms with Crippen molar-refractivity contribution in [1.29, 1.82) is 0 Å². The Morgan fingerprint density at radius 2 is 1.21 bits per heavy atom. The second-order valence-electron chi connectivity index (χ2n) is 8.18. The zero-order chi connectivity index (χ0) is 23.6. The van der Waals surface area contributed by atoms with Crippen LogP contribution in [0.3, 0.4) is 0 Å². The fourth-order valence-electron chi connectivity index (χ4n) is 3.86. The van der Waals surface area contributed by atoms with Gasteiger partial charge < -0.3 is 23.7 Å². The van der Waals surface area contributed by atoms with Gasteiger partial charge in [-0.3, -0.25) is 4.79 Å². The summed E-state index contributed by atoms with van der Waals surface area (Å²) in [6.45, 7) is 2.78. The van der Waals surface area contributed by atoms with Gasteiger partial charge >= 0.3 is 5.97 Å². The highest BCUT2D eigenvalue weighted by molar-refractivity contribution is 5.66. The highest BCUT2D eigenvalue weighted by Crippen LogP contribution is 2.30. The summed E-state index contributed by atoms with van der Waals surface area (Å²) in [5.41, 5.74) is 3.08. The van der Waals surface area contributed by atoms with Crippen LogP contribution in [-0.2, 0) is 48.3 Å². The Bertz CT molecular complexity index is 995. The van der Waals surface area contributed by atoms with E-state index >= 15 is 0 Å². The van der Waals surface area contributed by atoms with Crippen LogP contribution in [0.4, 0.5) is 0 Å². The Kier molecular flexibility index (Phi) is 8.82. The molecule has 34 heavy (non-hydrogen) atoms. The Hall–Kier alpha value is -3.03. The summed E-state index contributed by atoms with van der Waals surface area (Å²) in [6, 6.07) is 29.6. The first-order valence-electron chi connectivity index (χ1n) is 11.4. The van der Waals surface area contributed by atoms with E-state index in [2.05, 4.69) is 0 Å². The van der Waals surface area contributed by atoms with Gasteiger partial charge in [0.1, 0.15) is 12.2 Å². The van der Waals surface area contributed by atoms with Crippen molar-refractivity contribution < 1.29 is 28.5 Å². The minimum Gasteiger partial charge on any atom is -0.454 e. The van der Waals surface area contributed by atoms with Crippen molar-refractivity contribution in [3.05, 3.63) is 108 Å². The molecule has 0 aromatic heterocycles. The van der Waals surface area contributed by atoms with Gasteiger partial charge in [-0.25, -0.2) is 0 Å². The summed E-state index contributed by atoms with van der Waals surface area (Å²) in [4.78, 5) is 11.9. The average molecular weight is 463 g/mol. The Labute approximate surface area is 200 Å². The lowest BCUT2D eigenvalue weighted by atomic mass is 10.1. The first kappa shape index (κ1) is 24.1. The van der Waals surface area contributed by atoms with Gasteiger partial charge in [-0.1, -0.05) is 91.0 Å². The molecule has 1 saturated heterocycles. The summed E-state index contributed by atoms with van der Waals surface area (Å²) in [7, 11) is 0. The molecule has 1 aliphatic heterocycles. The molecule has 0 spiro atoms. The van der Waals surface area contributed by atoms with Gasteiger partial charge in [0.05, 0.1) is 26.4 Å². The number of esters is 1. The first-order valence-corrected chi connectivity index (χ1v) is 11.4. The Morgan fingerprint density at radius 3 is 1.74 bits per heavy atom. The van der Waals surface area contributed by atoms with Gasteiger partial charge in [0, 0.05) is 6.92 Å². The van der Waals surface area contributed by atoms with Crippen molar-refractivity contribution in [3.63, 3.8) is 0 Å². The molecule has 0 saturated carbocycles. The van der Waals surface area contributed by atoms with Gasteiger partial charge in [-0.05, 0) is 16.7 Å². The number of benzene rings is 3. The molecule has 4 rings (SSSR count). The zero-order valence-electron chi connectivity index (χ0n) is 19.2. The second-order valence-corrected chi connectivity index (χ2v) is 8.18. The van der Waals surface area contributed by atoms with E-state index in [1.165, 1.54) is 6.92 Å². The number of ether oxygens (including phenoxy) is 5. The maximum absolute atomic E-state index is 11.9. The van der Waals surface area contributed by atoms with Crippen LogP contribution in [0.1, 0.15) is 23.6 Å². The van der Waals surface area contributed by atoms with Crippen molar-refractivity contribution in [2.24, 2.45) is 0 Å². The van der Waals surface area contributed by atoms with Gasteiger partial charge in [0.25, 0.3) is 0 Å². The van der Waals surface area contributed by atoms with Gasteiger partial charge in [-0.2, -0.15) is 0 Å². The Morgan fingerprint density at radius 1 is 0.706 bits per heavy atom. The van der Waals surface area contributed by atoms with Gasteiger partial charge in [-0.15, -0.1) is 0 Å². The van der Waals surface area contributed by atoms with E-state index < -0.39 is 30.6 Å². The van der Waals surface area contributed by atoms with Crippen LogP contribution < -0.4 is 0 Å². The summed E-state index contributed by atoms with van der Waals surface area (Å²) >= 11 is 0. The molecule has 0 unspecified atom stereocenters. The third-order valence-electron chi connectivity index (χ3n) is 5.51. The summed E-state index contributed by atoms with van der Waals surface area (Å²) < 4.78 is 30.1. The molecular weight excluding hydrogens is 432 g/mol. The fourth-order valence-corrected chi connectivity index (χ4v) is 3.86. The van der Waals surface area contributed by atoms with E-state index in [4.69, 9.17) is 23.7 Å². The minimum absolute atomic E-state index is 0.275. The van der Waals surface area contributed by atoms with Crippen LogP contribution in [0.5, 0.6) is 0 Å². The predicted octanol–water partition coefficient (Wildman–Crippen LogP) is 4.66. The normalized spacial score (nSPS) is 21.9. The van der Waals surface area contributed by atoms with E-state index in [1.807, 2.05) is 91.0 Å². The molecule has 0 radical (unpaired) electrons. The van der Waals surface area contributed by atoms with E-state index in [-0.39, 0.29) is 6.61 Å². The predicted molar refractivity (Wildman–Crippen MR) is 127 cm³/mol. The standard InChI is InChI=1S/C28H30O6/c1-21(29)33-27-26(31-18-23-13-7-3-8-14-23)25(20-30-17-22-11-5-2-6-12-22)34-28(27)32-19-24-15-9-4-10-16-24/h2-16,25-28H,17-20H2,1H3/t25-,26-,27-,28+/m1/s1. The molecular formula is C28H30O6. The summed E-state index contributed by atoms with van der Waals surface area (Å²) in [5.74, 6) is -0.416. The van der Waals surface area contributed by atoms with E-state index in [1.54, 1.807) is 0 Å². The third-order valence-corrected chi connectivity index (χ3v) is 5.51. The third kappa shape index (κ3) is 6.98. The molecule has 4 atom stereocenters. The van der Waals surface area contributed by atoms with Crippen molar-refractivity contribution in [1.82, 2.24) is 0 Å². The maximum Gasteiger partial charge on any atom is 0.303 e. The second kappa shape index (κ2) is 12.4. The lowest BCUT2D eigenvalue weighted by molar-refractivity contribution is -0.193. The number of carbonyl (C=O) groups excluding carboxylic acids is 1. The number of carbonyl (C=O) groups is 1. The largest absolute Gasteiger partial charge is 0.454 e. The molecule has 6 nitrogen and oxygen atoms in total. The number of hydrogen-bond donors (Lipinski definition) is 0. The molecule has 1 heterocycles. The van der Waals surface area contributed by atoms with Crippen molar-refractivity contribution >= 4 is 5.97 Å². The highest BCUT2D eigenvalue weighted by Gasteiger charge is 2.48. The molecule has 6 heteroatoms. The quantitative estimate of drug-likeness (QED) is 0.386. The van der Waals surface area contributed by atoms with Crippen LogP contribution in [0.2, 0.25) is 0 Å². The fraction of sp³-hybridized carbons (Fsp3) is 0.321. The van der Waals surface area contributed by atoms with Crippen LogP contribution >= 0.6 is 0 Å². The summed E-state index contributed by atoms with van der Waals surface area (Å²) in [6.07, 6.45) is -2.48. The molecule has 3 aromatic carbocycles. The van der Waals surface area contributed by atoms with Gasteiger partial charge in [0.2, 0.25) is 0 Å². The average Bonchev–Trinajstić information content (AvgIpc) is 3.18. The van der Waals surface area contributed by atoms with Crippen molar-refractivity contribution in [2.75, 3.05) is 6.61 Å². The molecule has 3 aromatic rings. The van der Waals surface area contributed by atoms with E-state index in [0.29, 0.717) is 19.8 Å². The van der Waals surface area contributed by atoms with Crippen LogP contribution in [0.25, 0.3) is 0 Å². The molecule has 0 N–H and O–H groups in total. The molecule has 0 aliphatic carbocycles. The molecule has 0 bridgehead atoms. The molecule has 1 aliphatic rings. The highest BCUT2D eigenvalue weighted by atomic mass is 16.7. The van der Waals surface area contributed by atoms with Crippen LogP contribution in [-0.4, -0.2) is 37.2 Å². The SMILES string of the molecule is CC(=O)O[C@H]1[C@@H](OCc2ccccc2)O[C@H](COCc2ccccc2)[C@H]1OCc1ccccc1. The zero-order valence-corrected chi connectivity index (χ0v) is 19.2. The monoisotopic (exact) mass is 462 g/mol. The minimum atomic E-state index is -0.768.